The number of aromatic nitrogens is 2. The number of hydrogen-bond acceptors (Lipinski definition) is 2. The van der Waals surface area contributed by atoms with Crippen molar-refractivity contribution >= 4 is 0 Å². The molecule has 0 saturated carbocycles. The number of nitriles is 1. The summed E-state index contributed by atoms with van der Waals surface area (Å²) in [4.78, 5) is 0. The average molecular weight is 187 g/mol. The highest BCUT2D eigenvalue weighted by Gasteiger charge is 2.10. The molecule has 0 radical (unpaired) electrons. The highest BCUT2D eigenvalue weighted by atomic mass is 19.1. The first-order chi connectivity index (χ1) is 6.83. The Hall–Kier alpha value is -2.15. The number of halogens is 1. The second kappa shape index (κ2) is 3.30. The van der Waals surface area contributed by atoms with E-state index in [1.807, 2.05) is 6.07 Å². The standard InChI is InChI=1S/C10H6FN3/c11-10-8(6-12)7-13-14(10)9-4-2-1-3-5-9/h1-5,7H. The van der Waals surface area contributed by atoms with Crippen molar-refractivity contribution < 1.29 is 4.39 Å². The second-order valence-electron chi connectivity index (χ2n) is 2.71. The van der Waals surface area contributed by atoms with Gasteiger partial charge in [-0.3, -0.25) is 0 Å². The van der Waals surface area contributed by atoms with Gasteiger partial charge in [-0.25, -0.2) is 4.68 Å². The second-order valence-corrected chi connectivity index (χ2v) is 2.71. The number of nitrogens with zero attached hydrogens (tertiary/aromatic N) is 3. The molecular weight excluding hydrogens is 181 g/mol. The first-order valence-electron chi connectivity index (χ1n) is 4.02. The summed E-state index contributed by atoms with van der Waals surface area (Å²) in [5.41, 5.74) is 0.556. The zero-order chi connectivity index (χ0) is 9.97. The summed E-state index contributed by atoms with van der Waals surface area (Å²) in [6.07, 6.45) is 1.21. The number of para-hydroxylation sites is 1. The molecule has 1 aromatic carbocycles. The molecule has 0 fully saturated rings. The minimum atomic E-state index is -0.626. The Morgan fingerprint density at radius 2 is 2.00 bits per heavy atom. The van der Waals surface area contributed by atoms with E-state index in [0.717, 1.165) is 4.68 Å². The molecule has 0 aliphatic heterocycles. The lowest BCUT2D eigenvalue weighted by Crippen LogP contribution is -1.99. The van der Waals surface area contributed by atoms with Crippen LogP contribution < -0.4 is 0 Å². The van der Waals surface area contributed by atoms with Gasteiger partial charge in [0.2, 0.25) is 5.95 Å². The van der Waals surface area contributed by atoms with Gasteiger partial charge in [-0.05, 0) is 12.1 Å². The zero-order valence-electron chi connectivity index (χ0n) is 7.18. The van der Waals surface area contributed by atoms with E-state index in [-0.39, 0.29) is 5.56 Å². The van der Waals surface area contributed by atoms with Gasteiger partial charge in [-0.15, -0.1) is 0 Å². The van der Waals surface area contributed by atoms with Crippen LogP contribution in [0, 0.1) is 17.3 Å². The Labute approximate surface area is 80.0 Å². The number of hydrogen-bond donors (Lipinski definition) is 0. The lowest BCUT2D eigenvalue weighted by atomic mass is 10.3. The summed E-state index contributed by atoms with van der Waals surface area (Å²) in [5, 5.41) is 12.3. The van der Waals surface area contributed by atoms with E-state index in [9.17, 15) is 4.39 Å². The third-order valence-electron chi connectivity index (χ3n) is 1.83. The fourth-order valence-electron chi connectivity index (χ4n) is 1.16. The molecule has 0 spiro atoms. The fraction of sp³-hybridized carbons (Fsp3) is 0. The van der Waals surface area contributed by atoms with Crippen LogP contribution in [-0.2, 0) is 0 Å². The van der Waals surface area contributed by atoms with E-state index >= 15 is 0 Å². The molecule has 0 atom stereocenters. The van der Waals surface area contributed by atoms with Crippen LogP contribution >= 0.6 is 0 Å². The van der Waals surface area contributed by atoms with Gasteiger partial charge in [-0.1, -0.05) is 18.2 Å². The van der Waals surface area contributed by atoms with E-state index in [2.05, 4.69) is 5.10 Å². The molecule has 0 saturated heterocycles. The molecule has 14 heavy (non-hydrogen) atoms. The lowest BCUT2D eigenvalue weighted by molar-refractivity contribution is 0.534. The Balaban J connectivity index is 2.54. The summed E-state index contributed by atoms with van der Waals surface area (Å²) in [5.74, 6) is -0.626. The Morgan fingerprint density at radius 1 is 1.29 bits per heavy atom. The molecule has 0 N–H and O–H groups in total. The Kier molecular flexibility index (Phi) is 1.99. The van der Waals surface area contributed by atoms with Crippen molar-refractivity contribution in [3.8, 4) is 11.8 Å². The molecule has 0 aliphatic rings. The van der Waals surface area contributed by atoms with E-state index in [0.29, 0.717) is 5.69 Å². The van der Waals surface area contributed by atoms with Crippen LogP contribution in [0.15, 0.2) is 36.5 Å². The van der Waals surface area contributed by atoms with Crippen molar-refractivity contribution in [1.82, 2.24) is 9.78 Å². The molecule has 0 bridgehead atoms. The van der Waals surface area contributed by atoms with Crippen molar-refractivity contribution in [3.05, 3.63) is 48.0 Å². The lowest BCUT2D eigenvalue weighted by Gasteiger charge is -1.99. The maximum atomic E-state index is 13.4. The molecule has 2 aromatic rings. The maximum absolute atomic E-state index is 13.4. The van der Waals surface area contributed by atoms with Gasteiger partial charge < -0.3 is 0 Å². The SMILES string of the molecule is N#Cc1cnn(-c2ccccc2)c1F. The molecule has 1 heterocycles. The summed E-state index contributed by atoms with van der Waals surface area (Å²) in [7, 11) is 0. The summed E-state index contributed by atoms with van der Waals surface area (Å²) < 4.78 is 14.5. The van der Waals surface area contributed by atoms with Crippen molar-refractivity contribution in [2.45, 2.75) is 0 Å². The van der Waals surface area contributed by atoms with Crippen LogP contribution in [0.1, 0.15) is 5.56 Å². The molecule has 0 amide bonds. The van der Waals surface area contributed by atoms with Crippen molar-refractivity contribution in [2.24, 2.45) is 0 Å². The summed E-state index contributed by atoms with van der Waals surface area (Å²) in [6, 6.07) is 10.6. The van der Waals surface area contributed by atoms with Crippen molar-refractivity contribution in [1.29, 1.82) is 5.26 Å². The van der Waals surface area contributed by atoms with Gasteiger partial charge in [0.15, 0.2) is 0 Å². The number of rotatable bonds is 1. The predicted octanol–water partition coefficient (Wildman–Crippen LogP) is 1.88. The first kappa shape index (κ1) is 8.45. The molecular formula is C10H6FN3. The molecule has 3 nitrogen and oxygen atoms in total. The van der Waals surface area contributed by atoms with Gasteiger partial charge in [0, 0.05) is 0 Å². The zero-order valence-corrected chi connectivity index (χ0v) is 7.18. The highest BCUT2D eigenvalue weighted by molar-refractivity contribution is 5.34. The topological polar surface area (TPSA) is 41.6 Å². The number of benzene rings is 1. The first-order valence-corrected chi connectivity index (χ1v) is 4.02. The van der Waals surface area contributed by atoms with Crippen LogP contribution in [0.3, 0.4) is 0 Å². The van der Waals surface area contributed by atoms with Gasteiger partial charge in [0.05, 0.1) is 11.9 Å². The minimum absolute atomic E-state index is 0.0474. The van der Waals surface area contributed by atoms with E-state index in [1.54, 1.807) is 30.3 Å². The van der Waals surface area contributed by atoms with Crippen LogP contribution in [0.4, 0.5) is 4.39 Å². The van der Waals surface area contributed by atoms with E-state index in [1.165, 1.54) is 6.20 Å². The third-order valence-corrected chi connectivity index (χ3v) is 1.83. The van der Waals surface area contributed by atoms with E-state index < -0.39 is 5.95 Å². The molecule has 0 aliphatic carbocycles. The predicted molar refractivity (Wildman–Crippen MR) is 48.2 cm³/mol. The maximum Gasteiger partial charge on any atom is 0.234 e. The van der Waals surface area contributed by atoms with Gasteiger partial charge in [0.1, 0.15) is 11.6 Å². The monoisotopic (exact) mass is 187 g/mol. The molecule has 68 valence electrons. The van der Waals surface area contributed by atoms with Gasteiger partial charge in [0.25, 0.3) is 0 Å². The van der Waals surface area contributed by atoms with Crippen molar-refractivity contribution in [3.63, 3.8) is 0 Å². The fourth-order valence-corrected chi connectivity index (χ4v) is 1.16. The molecule has 2 rings (SSSR count). The Morgan fingerprint density at radius 3 is 2.57 bits per heavy atom. The smallest absolute Gasteiger partial charge is 0.206 e. The highest BCUT2D eigenvalue weighted by Crippen LogP contribution is 2.11. The van der Waals surface area contributed by atoms with Crippen molar-refractivity contribution in [2.75, 3.05) is 0 Å². The van der Waals surface area contributed by atoms with Gasteiger partial charge >= 0.3 is 0 Å². The van der Waals surface area contributed by atoms with Gasteiger partial charge in [-0.2, -0.15) is 14.8 Å². The summed E-state index contributed by atoms with van der Waals surface area (Å²) in [6.45, 7) is 0. The van der Waals surface area contributed by atoms with Crippen LogP contribution in [0.2, 0.25) is 0 Å². The Bertz CT molecular complexity index is 482. The summed E-state index contributed by atoms with van der Waals surface area (Å²) >= 11 is 0. The molecule has 1 aromatic heterocycles. The third kappa shape index (κ3) is 1.25. The normalized spacial score (nSPS) is 9.71. The molecule has 4 heteroatoms. The molecule has 0 unspecified atom stereocenters. The average Bonchev–Trinajstić information content (AvgIpc) is 2.61. The van der Waals surface area contributed by atoms with E-state index in [4.69, 9.17) is 5.26 Å². The largest absolute Gasteiger partial charge is 0.234 e. The van der Waals surface area contributed by atoms with Crippen LogP contribution in [0.25, 0.3) is 5.69 Å². The minimum Gasteiger partial charge on any atom is -0.206 e. The van der Waals surface area contributed by atoms with Crippen LogP contribution in [0.5, 0.6) is 0 Å². The van der Waals surface area contributed by atoms with Crippen LogP contribution in [-0.4, -0.2) is 9.78 Å². The quantitative estimate of drug-likeness (QED) is 0.684.